The summed E-state index contributed by atoms with van der Waals surface area (Å²) in [5.74, 6) is 2.10. The van der Waals surface area contributed by atoms with Crippen LogP contribution in [0.5, 0.6) is 17.2 Å². The second kappa shape index (κ2) is 18.1. The number of nitriles is 1. The first-order valence-corrected chi connectivity index (χ1v) is 21.4. The van der Waals surface area contributed by atoms with Crippen molar-refractivity contribution < 1.29 is 19.0 Å². The average molecular weight is 814 g/mol. The molecule has 0 radical (unpaired) electrons. The predicted molar refractivity (Wildman–Crippen MR) is 233 cm³/mol. The standard InChI is InChI=1S/C49H56ClN5O4/c1-32-38(11-8-14-43(32)57-22-10-21-55-48(2,3)19-9-20-49(55,4)5)39-12-7-13-41-40(39)16-17-44(41)59-46-27-45(58-31-34-23-33(28-51)24-37(25-34)52-6)35(26-42(46)50)29-53-36-15-18-47(56)54-30-36/h7-8,11-14,23-27,36,44,53H,9-10,15-22,29-31H2,1-5H3,(H,54,56)/t36-,44-/m0/s1. The molecule has 4 aromatic rings. The zero-order valence-corrected chi connectivity index (χ0v) is 35.8. The van der Waals surface area contributed by atoms with Gasteiger partial charge in [-0.15, -0.1) is 0 Å². The summed E-state index contributed by atoms with van der Waals surface area (Å²) in [5, 5.41) is 16.5. The van der Waals surface area contributed by atoms with Gasteiger partial charge < -0.3 is 24.8 Å². The van der Waals surface area contributed by atoms with Crippen LogP contribution in [0.15, 0.2) is 66.7 Å². The van der Waals surface area contributed by atoms with Crippen molar-refractivity contribution in [2.45, 2.75) is 122 Å². The topological polar surface area (TPSA) is 100 Å². The van der Waals surface area contributed by atoms with E-state index in [0.29, 0.717) is 59.5 Å². The fraction of sp³-hybridized carbons (Fsp3) is 0.449. The van der Waals surface area contributed by atoms with Crippen LogP contribution in [-0.4, -0.2) is 47.6 Å². The van der Waals surface area contributed by atoms with Crippen LogP contribution in [0, 0.1) is 24.8 Å². The van der Waals surface area contributed by atoms with E-state index >= 15 is 0 Å². The summed E-state index contributed by atoms with van der Waals surface area (Å²) in [4.78, 5) is 18.0. The minimum atomic E-state index is -0.207. The van der Waals surface area contributed by atoms with E-state index in [0.717, 1.165) is 54.7 Å². The van der Waals surface area contributed by atoms with Gasteiger partial charge in [0.05, 0.1) is 24.3 Å². The van der Waals surface area contributed by atoms with Crippen molar-refractivity contribution in [1.82, 2.24) is 15.5 Å². The monoisotopic (exact) mass is 813 g/mol. The van der Waals surface area contributed by atoms with E-state index in [-0.39, 0.29) is 35.7 Å². The van der Waals surface area contributed by atoms with Gasteiger partial charge in [0, 0.05) is 60.4 Å². The number of amides is 1. The highest BCUT2D eigenvalue weighted by atomic mass is 35.5. The number of fused-ring (bicyclic) bond motifs is 1. The van der Waals surface area contributed by atoms with Crippen LogP contribution in [0.3, 0.4) is 0 Å². The Kier molecular flexibility index (Phi) is 12.9. The molecule has 0 unspecified atom stereocenters. The Hall–Kier alpha value is -5.06. The summed E-state index contributed by atoms with van der Waals surface area (Å²) in [6.45, 7) is 22.0. The van der Waals surface area contributed by atoms with Crippen LogP contribution in [0.1, 0.15) is 112 Å². The fourth-order valence-electron chi connectivity index (χ4n) is 9.41. The maximum atomic E-state index is 11.8. The van der Waals surface area contributed by atoms with Crippen LogP contribution < -0.4 is 24.8 Å². The van der Waals surface area contributed by atoms with Crippen molar-refractivity contribution in [1.29, 1.82) is 5.26 Å². The van der Waals surface area contributed by atoms with Crippen molar-refractivity contribution in [3.8, 4) is 34.4 Å². The smallest absolute Gasteiger partial charge is 0.220 e. The third kappa shape index (κ3) is 9.71. The van der Waals surface area contributed by atoms with Gasteiger partial charge >= 0.3 is 0 Å². The molecule has 3 aliphatic rings. The normalized spacial score (nSPS) is 19.6. The van der Waals surface area contributed by atoms with Gasteiger partial charge in [0.2, 0.25) is 5.91 Å². The molecular formula is C49H56ClN5O4. The second-order valence-corrected chi connectivity index (χ2v) is 17.9. The summed E-state index contributed by atoms with van der Waals surface area (Å²) in [7, 11) is 0. The number of likely N-dealkylation sites (tertiary alicyclic amines) is 1. The first-order valence-electron chi connectivity index (χ1n) is 21.0. The van der Waals surface area contributed by atoms with Crippen molar-refractivity contribution in [2.24, 2.45) is 0 Å². The Balaban J connectivity index is 1.08. The van der Waals surface area contributed by atoms with E-state index in [1.807, 2.05) is 12.1 Å². The molecular weight excluding hydrogens is 758 g/mol. The van der Waals surface area contributed by atoms with Gasteiger partial charge in [-0.1, -0.05) is 41.9 Å². The molecule has 2 saturated heterocycles. The molecule has 2 fully saturated rings. The largest absolute Gasteiger partial charge is 0.493 e. The summed E-state index contributed by atoms with van der Waals surface area (Å²) in [6.07, 6.45) is 7.39. The summed E-state index contributed by atoms with van der Waals surface area (Å²) < 4.78 is 19.7. The lowest BCUT2D eigenvalue weighted by molar-refractivity contribution is -0.122. The predicted octanol–water partition coefficient (Wildman–Crippen LogP) is 10.6. The quantitative estimate of drug-likeness (QED) is 0.0966. The number of carbonyl (C=O) groups excluding carboxylic acids is 1. The van der Waals surface area contributed by atoms with Crippen LogP contribution >= 0.6 is 11.6 Å². The van der Waals surface area contributed by atoms with Crippen molar-refractivity contribution in [2.75, 3.05) is 19.7 Å². The zero-order valence-electron chi connectivity index (χ0n) is 35.1. The summed E-state index contributed by atoms with van der Waals surface area (Å²) in [6, 6.07) is 23.9. The van der Waals surface area contributed by atoms with Gasteiger partial charge in [-0.3, -0.25) is 9.69 Å². The van der Waals surface area contributed by atoms with E-state index in [2.05, 4.69) is 97.5 Å². The van der Waals surface area contributed by atoms with Crippen LogP contribution in [-0.2, 0) is 24.4 Å². The summed E-state index contributed by atoms with van der Waals surface area (Å²) >= 11 is 6.98. The number of rotatable bonds is 14. The average Bonchev–Trinajstić information content (AvgIpc) is 3.63. The first-order chi connectivity index (χ1) is 28.3. The molecule has 2 heterocycles. The van der Waals surface area contributed by atoms with Crippen molar-refractivity contribution in [3.63, 3.8) is 0 Å². The number of nitrogens with one attached hydrogen (secondary N) is 2. The lowest BCUT2D eigenvalue weighted by atomic mass is 9.80. The number of hydrogen-bond donors (Lipinski definition) is 2. The highest BCUT2D eigenvalue weighted by Crippen LogP contribution is 2.44. The van der Waals surface area contributed by atoms with Crippen molar-refractivity contribution >= 4 is 23.2 Å². The second-order valence-electron chi connectivity index (χ2n) is 17.5. The lowest BCUT2D eigenvalue weighted by Gasteiger charge is -2.53. The Bertz CT molecular complexity index is 2220. The molecule has 0 saturated carbocycles. The van der Waals surface area contributed by atoms with E-state index in [9.17, 15) is 10.1 Å². The highest BCUT2D eigenvalue weighted by molar-refractivity contribution is 6.32. The molecule has 2 aliphatic heterocycles. The molecule has 10 heteroatoms. The Morgan fingerprint density at radius 3 is 2.49 bits per heavy atom. The Morgan fingerprint density at radius 2 is 1.75 bits per heavy atom. The lowest BCUT2D eigenvalue weighted by Crippen LogP contribution is -2.58. The Labute approximate surface area is 354 Å². The molecule has 59 heavy (non-hydrogen) atoms. The van der Waals surface area contributed by atoms with E-state index < -0.39 is 0 Å². The van der Waals surface area contributed by atoms with Crippen molar-refractivity contribution in [3.05, 3.63) is 117 Å². The van der Waals surface area contributed by atoms with Gasteiger partial charge in [-0.05, 0) is 143 Å². The number of nitrogens with zero attached hydrogens (tertiary/aromatic N) is 3. The number of halogens is 1. The maximum absolute atomic E-state index is 11.8. The van der Waals surface area contributed by atoms with E-state index in [1.165, 1.54) is 36.0 Å². The van der Waals surface area contributed by atoms with E-state index in [1.54, 1.807) is 18.2 Å². The van der Waals surface area contributed by atoms with E-state index in [4.69, 9.17) is 32.4 Å². The molecule has 4 aromatic carbocycles. The fourth-order valence-corrected chi connectivity index (χ4v) is 9.64. The molecule has 0 aromatic heterocycles. The third-order valence-electron chi connectivity index (χ3n) is 12.5. The molecule has 2 N–H and O–H groups in total. The number of ether oxygens (including phenoxy) is 3. The number of carbonyl (C=O) groups is 1. The van der Waals surface area contributed by atoms with Gasteiger partial charge in [0.1, 0.15) is 30.0 Å². The minimum Gasteiger partial charge on any atom is -0.493 e. The molecule has 308 valence electrons. The number of benzene rings is 4. The van der Waals surface area contributed by atoms with Crippen LogP contribution in [0.25, 0.3) is 16.0 Å². The molecule has 1 amide bonds. The Morgan fingerprint density at radius 1 is 0.966 bits per heavy atom. The molecule has 0 spiro atoms. The first kappa shape index (κ1) is 42.1. The van der Waals surface area contributed by atoms with Gasteiger partial charge in [0.15, 0.2) is 5.69 Å². The number of piperidine rings is 2. The molecule has 7 rings (SSSR count). The van der Waals surface area contributed by atoms with Gasteiger partial charge in [0.25, 0.3) is 0 Å². The molecule has 2 atom stereocenters. The van der Waals surface area contributed by atoms with Crippen LogP contribution in [0.2, 0.25) is 5.02 Å². The third-order valence-corrected chi connectivity index (χ3v) is 12.8. The number of hydrogen-bond acceptors (Lipinski definition) is 7. The zero-order chi connectivity index (χ0) is 41.7. The summed E-state index contributed by atoms with van der Waals surface area (Å²) in [5.41, 5.74) is 8.66. The maximum Gasteiger partial charge on any atom is 0.220 e. The minimum absolute atomic E-state index is 0.0655. The highest BCUT2D eigenvalue weighted by Gasteiger charge is 2.40. The van der Waals surface area contributed by atoms with Gasteiger partial charge in [-0.2, -0.15) is 5.26 Å². The molecule has 0 bridgehead atoms. The van der Waals surface area contributed by atoms with Crippen LogP contribution in [0.4, 0.5) is 5.69 Å². The van der Waals surface area contributed by atoms with Gasteiger partial charge in [-0.25, -0.2) is 4.85 Å². The SMILES string of the molecule is [C-]#[N+]c1cc(C#N)cc(COc2cc(O[C@H]3CCc4c(-c5cccc(OCCCN6C(C)(C)CCCC6(C)C)c5C)cccc43)c(Cl)cc2CN[C@H]2CCC(=O)NC2)c1. The molecule has 1 aliphatic carbocycles. The molecule has 9 nitrogen and oxygen atoms in total.